The monoisotopic (exact) mass is 279 g/mol. The lowest BCUT2D eigenvalue weighted by molar-refractivity contribution is -0.126. The zero-order valence-electron chi connectivity index (χ0n) is 12.9. The third-order valence-electron chi connectivity index (χ3n) is 5.79. The first kappa shape index (κ1) is 14.3. The van der Waals surface area contributed by atoms with Gasteiger partial charge in [-0.1, -0.05) is 13.8 Å². The summed E-state index contributed by atoms with van der Waals surface area (Å²) in [6.45, 7) is 7.06. The Morgan fingerprint density at radius 2 is 1.85 bits per heavy atom. The maximum absolute atomic E-state index is 12.1. The molecule has 2 aliphatic carbocycles. The molecule has 0 radical (unpaired) electrons. The van der Waals surface area contributed by atoms with Gasteiger partial charge in [0.25, 0.3) is 0 Å². The molecule has 1 aliphatic heterocycles. The Bertz CT molecular complexity index is 372. The van der Waals surface area contributed by atoms with Crippen LogP contribution in [0.25, 0.3) is 0 Å². The molecule has 1 amide bonds. The number of amides is 1. The second kappa shape index (κ2) is 5.30. The summed E-state index contributed by atoms with van der Waals surface area (Å²) in [5, 5.41) is 3.58. The normalized spacial score (nSPS) is 42.8. The fourth-order valence-corrected chi connectivity index (χ4v) is 4.07. The SMILES string of the molecule is CC1CN(C2CCCC(NC3CC3)(C(N)=O)C2)CC1C. The van der Waals surface area contributed by atoms with E-state index < -0.39 is 5.54 Å². The smallest absolute Gasteiger partial charge is 0.237 e. The van der Waals surface area contributed by atoms with Gasteiger partial charge in [0.2, 0.25) is 5.91 Å². The summed E-state index contributed by atoms with van der Waals surface area (Å²) in [5.41, 5.74) is 5.34. The summed E-state index contributed by atoms with van der Waals surface area (Å²) >= 11 is 0. The van der Waals surface area contributed by atoms with E-state index in [0.717, 1.165) is 31.1 Å². The lowest BCUT2D eigenvalue weighted by atomic mass is 9.77. The Morgan fingerprint density at radius 3 is 2.40 bits per heavy atom. The predicted molar refractivity (Wildman–Crippen MR) is 80.2 cm³/mol. The van der Waals surface area contributed by atoms with E-state index in [0.29, 0.717) is 12.1 Å². The van der Waals surface area contributed by atoms with Gasteiger partial charge in [0, 0.05) is 25.2 Å². The van der Waals surface area contributed by atoms with Crippen LogP contribution in [0.5, 0.6) is 0 Å². The summed E-state index contributed by atoms with van der Waals surface area (Å²) in [7, 11) is 0. The molecule has 0 aromatic heterocycles. The van der Waals surface area contributed by atoms with Crippen molar-refractivity contribution in [3.63, 3.8) is 0 Å². The molecule has 3 rings (SSSR count). The van der Waals surface area contributed by atoms with Crippen LogP contribution in [0.4, 0.5) is 0 Å². The number of rotatable bonds is 4. The van der Waals surface area contributed by atoms with Crippen molar-refractivity contribution in [1.29, 1.82) is 0 Å². The van der Waals surface area contributed by atoms with Gasteiger partial charge in [0.15, 0.2) is 0 Å². The number of nitrogens with two attached hydrogens (primary N) is 1. The number of carbonyl (C=O) groups is 1. The Kier molecular flexibility index (Phi) is 3.80. The third kappa shape index (κ3) is 2.73. The molecule has 2 saturated carbocycles. The summed E-state index contributed by atoms with van der Waals surface area (Å²) < 4.78 is 0. The number of hydrogen-bond acceptors (Lipinski definition) is 3. The summed E-state index contributed by atoms with van der Waals surface area (Å²) in [5.74, 6) is 1.42. The van der Waals surface area contributed by atoms with E-state index in [2.05, 4.69) is 24.1 Å². The molecule has 3 N–H and O–H groups in total. The van der Waals surface area contributed by atoms with Gasteiger partial charge in [0.05, 0.1) is 5.54 Å². The number of carbonyl (C=O) groups excluding carboxylic acids is 1. The van der Waals surface area contributed by atoms with Crippen molar-refractivity contribution < 1.29 is 4.79 Å². The van der Waals surface area contributed by atoms with Crippen molar-refractivity contribution in [3.05, 3.63) is 0 Å². The molecule has 0 aromatic rings. The Morgan fingerprint density at radius 1 is 1.20 bits per heavy atom. The van der Waals surface area contributed by atoms with Crippen LogP contribution in [0.2, 0.25) is 0 Å². The van der Waals surface area contributed by atoms with Crippen molar-refractivity contribution in [2.24, 2.45) is 17.6 Å². The molecule has 4 unspecified atom stereocenters. The zero-order chi connectivity index (χ0) is 14.3. The first-order valence-electron chi connectivity index (χ1n) is 8.32. The van der Waals surface area contributed by atoms with Gasteiger partial charge >= 0.3 is 0 Å². The first-order valence-corrected chi connectivity index (χ1v) is 8.32. The highest BCUT2D eigenvalue weighted by atomic mass is 16.1. The molecule has 20 heavy (non-hydrogen) atoms. The van der Waals surface area contributed by atoms with E-state index in [1.807, 2.05) is 0 Å². The molecule has 3 aliphatic rings. The number of primary amides is 1. The van der Waals surface area contributed by atoms with Gasteiger partial charge in [-0.25, -0.2) is 0 Å². The van der Waals surface area contributed by atoms with Crippen LogP contribution in [0.15, 0.2) is 0 Å². The minimum Gasteiger partial charge on any atom is -0.368 e. The maximum atomic E-state index is 12.1. The predicted octanol–water partition coefficient (Wildman–Crippen LogP) is 1.49. The first-order chi connectivity index (χ1) is 9.50. The van der Waals surface area contributed by atoms with Gasteiger partial charge in [-0.2, -0.15) is 0 Å². The second-order valence-corrected chi connectivity index (χ2v) is 7.52. The Balaban J connectivity index is 1.69. The highest BCUT2D eigenvalue weighted by molar-refractivity contribution is 5.85. The van der Waals surface area contributed by atoms with Crippen molar-refractivity contribution in [3.8, 4) is 0 Å². The summed E-state index contributed by atoms with van der Waals surface area (Å²) in [6, 6.07) is 1.08. The van der Waals surface area contributed by atoms with Gasteiger partial charge < -0.3 is 11.1 Å². The van der Waals surface area contributed by atoms with Crippen LogP contribution in [-0.4, -0.2) is 41.5 Å². The lowest BCUT2D eigenvalue weighted by Gasteiger charge is -2.42. The van der Waals surface area contributed by atoms with Gasteiger partial charge in [-0.15, -0.1) is 0 Å². The minimum absolute atomic E-state index is 0.130. The van der Waals surface area contributed by atoms with E-state index in [1.165, 1.54) is 32.4 Å². The molecule has 3 fully saturated rings. The average molecular weight is 279 g/mol. The topological polar surface area (TPSA) is 58.4 Å². The van der Waals surface area contributed by atoms with Crippen LogP contribution in [0.3, 0.4) is 0 Å². The average Bonchev–Trinajstić information content (AvgIpc) is 3.15. The van der Waals surface area contributed by atoms with Gasteiger partial charge in [-0.05, 0) is 50.4 Å². The van der Waals surface area contributed by atoms with Crippen molar-refractivity contribution >= 4 is 5.91 Å². The highest BCUT2D eigenvalue weighted by Crippen LogP contribution is 2.37. The number of nitrogens with one attached hydrogen (secondary N) is 1. The van der Waals surface area contributed by atoms with Crippen LogP contribution in [0, 0.1) is 11.8 Å². The molecule has 0 bridgehead atoms. The van der Waals surface area contributed by atoms with E-state index in [9.17, 15) is 4.79 Å². The molecular weight excluding hydrogens is 250 g/mol. The van der Waals surface area contributed by atoms with Crippen molar-refractivity contribution in [1.82, 2.24) is 10.2 Å². The quantitative estimate of drug-likeness (QED) is 0.820. The Labute approximate surface area is 122 Å². The minimum atomic E-state index is -0.431. The summed E-state index contributed by atoms with van der Waals surface area (Å²) in [6.07, 6.45) is 6.59. The van der Waals surface area contributed by atoms with Gasteiger partial charge in [-0.3, -0.25) is 9.69 Å². The molecule has 0 aromatic carbocycles. The maximum Gasteiger partial charge on any atom is 0.237 e. The molecule has 114 valence electrons. The zero-order valence-corrected chi connectivity index (χ0v) is 12.9. The number of likely N-dealkylation sites (tertiary alicyclic amines) is 1. The number of nitrogens with zero attached hydrogens (tertiary/aromatic N) is 1. The van der Waals surface area contributed by atoms with E-state index in [1.54, 1.807) is 0 Å². The highest BCUT2D eigenvalue weighted by Gasteiger charge is 2.46. The summed E-state index contributed by atoms with van der Waals surface area (Å²) in [4.78, 5) is 14.7. The molecule has 1 heterocycles. The van der Waals surface area contributed by atoms with Crippen molar-refractivity contribution in [2.75, 3.05) is 13.1 Å². The van der Waals surface area contributed by atoms with Crippen molar-refractivity contribution in [2.45, 2.75) is 70.0 Å². The van der Waals surface area contributed by atoms with Crippen LogP contribution >= 0.6 is 0 Å². The molecule has 4 nitrogen and oxygen atoms in total. The molecule has 4 heteroatoms. The van der Waals surface area contributed by atoms with E-state index in [4.69, 9.17) is 5.73 Å². The molecule has 0 spiro atoms. The second-order valence-electron chi connectivity index (χ2n) is 7.52. The van der Waals surface area contributed by atoms with E-state index in [-0.39, 0.29) is 5.91 Å². The van der Waals surface area contributed by atoms with Crippen LogP contribution in [0.1, 0.15) is 52.4 Å². The molecule has 1 saturated heterocycles. The fourth-order valence-electron chi connectivity index (χ4n) is 4.07. The number of hydrogen-bond donors (Lipinski definition) is 2. The van der Waals surface area contributed by atoms with Gasteiger partial charge in [0.1, 0.15) is 0 Å². The van der Waals surface area contributed by atoms with Crippen LogP contribution < -0.4 is 11.1 Å². The van der Waals surface area contributed by atoms with E-state index >= 15 is 0 Å². The standard InChI is InChI=1S/C16H29N3O/c1-11-9-19(10-12(11)2)14-4-3-7-16(8-14,15(17)20)18-13-5-6-13/h11-14,18H,3-10H2,1-2H3,(H2,17,20). The van der Waals surface area contributed by atoms with Crippen LogP contribution in [-0.2, 0) is 4.79 Å². The fraction of sp³-hybridized carbons (Fsp3) is 0.938. The molecular formula is C16H29N3O. The third-order valence-corrected chi connectivity index (χ3v) is 5.79. The Hall–Kier alpha value is -0.610. The largest absolute Gasteiger partial charge is 0.368 e. The lowest BCUT2D eigenvalue weighted by Crippen LogP contribution is -2.61. The molecule has 4 atom stereocenters.